The lowest BCUT2D eigenvalue weighted by molar-refractivity contribution is -0.114. The Labute approximate surface area is 136 Å². The summed E-state index contributed by atoms with van der Waals surface area (Å²) in [7, 11) is 0. The Hall–Kier alpha value is -2.55. The van der Waals surface area contributed by atoms with Gasteiger partial charge in [-0.25, -0.2) is 0 Å². The van der Waals surface area contributed by atoms with Crippen LogP contribution >= 0.6 is 0 Å². The highest BCUT2D eigenvalue weighted by atomic mass is 16.1. The van der Waals surface area contributed by atoms with Gasteiger partial charge in [0, 0.05) is 24.2 Å². The van der Waals surface area contributed by atoms with Crippen LogP contribution in [-0.4, -0.2) is 5.91 Å². The van der Waals surface area contributed by atoms with Crippen LogP contribution < -0.4 is 10.6 Å². The minimum Gasteiger partial charge on any atom is -0.378 e. The first kappa shape index (κ1) is 14.1. The van der Waals surface area contributed by atoms with E-state index < -0.39 is 0 Å². The summed E-state index contributed by atoms with van der Waals surface area (Å²) in [6.45, 7) is 1.54. The van der Waals surface area contributed by atoms with Crippen LogP contribution in [0.25, 0.3) is 0 Å². The van der Waals surface area contributed by atoms with Gasteiger partial charge in [-0.1, -0.05) is 42.5 Å². The molecule has 2 aliphatic rings. The number of carbonyl (C=O) groups is 1. The van der Waals surface area contributed by atoms with Crippen LogP contribution in [0.15, 0.2) is 60.7 Å². The maximum atomic E-state index is 11.3. The summed E-state index contributed by atoms with van der Waals surface area (Å²) < 4.78 is 0. The van der Waals surface area contributed by atoms with E-state index >= 15 is 0 Å². The Morgan fingerprint density at radius 1 is 1.17 bits per heavy atom. The van der Waals surface area contributed by atoms with Gasteiger partial charge in [0.15, 0.2) is 0 Å². The summed E-state index contributed by atoms with van der Waals surface area (Å²) in [5, 5.41) is 6.60. The Kier molecular flexibility index (Phi) is 3.41. The molecule has 0 spiro atoms. The van der Waals surface area contributed by atoms with Crippen LogP contribution in [0.1, 0.15) is 36.4 Å². The summed E-state index contributed by atoms with van der Waals surface area (Å²) in [6.07, 6.45) is 5.69. The first-order valence-electron chi connectivity index (χ1n) is 8.12. The Balaban J connectivity index is 1.73. The fraction of sp³-hybridized carbons (Fsp3) is 0.250. The SMILES string of the molecule is CC(=O)Nc1ccc2c(c1)[C@@H]1C=CC[C@H]1[C@@H](c1ccccc1)N2. The normalized spacial score (nSPS) is 24.5. The van der Waals surface area contributed by atoms with E-state index in [-0.39, 0.29) is 5.91 Å². The third-order valence-electron chi connectivity index (χ3n) is 4.84. The van der Waals surface area contributed by atoms with Gasteiger partial charge in [0.25, 0.3) is 0 Å². The van der Waals surface area contributed by atoms with Crippen molar-refractivity contribution >= 4 is 17.3 Å². The van der Waals surface area contributed by atoms with Gasteiger partial charge >= 0.3 is 0 Å². The second-order valence-corrected chi connectivity index (χ2v) is 6.37. The Morgan fingerprint density at radius 2 is 2.00 bits per heavy atom. The number of allylic oxidation sites excluding steroid dienone is 2. The quantitative estimate of drug-likeness (QED) is 0.804. The first-order chi connectivity index (χ1) is 11.2. The molecule has 0 radical (unpaired) electrons. The minimum absolute atomic E-state index is 0.0330. The molecule has 0 unspecified atom stereocenters. The fourth-order valence-corrected chi connectivity index (χ4v) is 3.87. The van der Waals surface area contributed by atoms with Crippen molar-refractivity contribution in [3.05, 3.63) is 71.8 Å². The topological polar surface area (TPSA) is 41.1 Å². The molecule has 1 amide bonds. The van der Waals surface area contributed by atoms with Crippen molar-refractivity contribution in [1.29, 1.82) is 0 Å². The number of nitrogens with one attached hydrogen (secondary N) is 2. The number of anilines is 2. The predicted octanol–water partition coefficient (Wildman–Crippen LogP) is 4.47. The predicted molar refractivity (Wildman–Crippen MR) is 93.5 cm³/mol. The largest absolute Gasteiger partial charge is 0.378 e. The molecule has 2 N–H and O–H groups in total. The third-order valence-corrected chi connectivity index (χ3v) is 4.84. The van der Waals surface area contributed by atoms with Gasteiger partial charge in [-0.2, -0.15) is 0 Å². The molecule has 4 rings (SSSR count). The zero-order chi connectivity index (χ0) is 15.8. The first-order valence-corrected chi connectivity index (χ1v) is 8.12. The van der Waals surface area contributed by atoms with Crippen LogP contribution in [0.5, 0.6) is 0 Å². The molecule has 0 saturated heterocycles. The molecule has 0 fully saturated rings. The molecule has 0 aromatic heterocycles. The maximum absolute atomic E-state index is 11.3. The van der Waals surface area contributed by atoms with Crippen molar-refractivity contribution < 1.29 is 4.79 Å². The molecule has 2 aromatic rings. The van der Waals surface area contributed by atoms with Crippen molar-refractivity contribution in [2.24, 2.45) is 5.92 Å². The monoisotopic (exact) mass is 304 g/mol. The maximum Gasteiger partial charge on any atom is 0.221 e. The smallest absolute Gasteiger partial charge is 0.221 e. The Bertz CT molecular complexity index is 766. The number of benzene rings is 2. The number of hydrogen-bond acceptors (Lipinski definition) is 2. The van der Waals surface area contributed by atoms with E-state index in [0.717, 1.165) is 12.1 Å². The third kappa shape index (κ3) is 2.52. The van der Waals surface area contributed by atoms with E-state index in [9.17, 15) is 4.79 Å². The van der Waals surface area contributed by atoms with Crippen LogP contribution in [-0.2, 0) is 4.79 Å². The lowest BCUT2D eigenvalue weighted by Crippen LogP contribution is -2.29. The van der Waals surface area contributed by atoms with E-state index in [1.54, 1.807) is 6.92 Å². The summed E-state index contributed by atoms with van der Waals surface area (Å²) in [4.78, 5) is 11.3. The molecule has 1 heterocycles. The highest BCUT2D eigenvalue weighted by Gasteiger charge is 2.37. The molecule has 1 aliphatic carbocycles. The van der Waals surface area contributed by atoms with Gasteiger partial charge < -0.3 is 10.6 Å². The minimum atomic E-state index is -0.0330. The van der Waals surface area contributed by atoms with Crippen molar-refractivity contribution in [3.8, 4) is 0 Å². The number of fused-ring (bicyclic) bond motifs is 3. The summed E-state index contributed by atoms with van der Waals surface area (Å²) in [5.41, 5.74) is 4.65. The van der Waals surface area contributed by atoms with Crippen LogP contribution in [0.3, 0.4) is 0 Å². The second kappa shape index (κ2) is 5.58. The molecule has 116 valence electrons. The van der Waals surface area contributed by atoms with Crippen LogP contribution in [0.4, 0.5) is 11.4 Å². The molecular weight excluding hydrogens is 284 g/mol. The fourth-order valence-electron chi connectivity index (χ4n) is 3.87. The number of amides is 1. The number of rotatable bonds is 2. The summed E-state index contributed by atoms with van der Waals surface area (Å²) in [6, 6.07) is 17.1. The lowest BCUT2D eigenvalue weighted by atomic mass is 9.77. The van der Waals surface area contributed by atoms with Crippen LogP contribution in [0, 0.1) is 5.92 Å². The van der Waals surface area contributed by atoms with E-state index in [2.05, 4.69) is 65.3 Å². The van der Waals surface area contributed by atoms with Gasteiger partial charge in [0.1, 0.15) is 0 Å². The molecule has 3 atom stereocenters. The van der Waals surface area contributed by atoms with E-state index in [1.165, 1.54) is 16.8 Å². The lowest BCUT2D eigenvalue weighted by Gasteiger charge is -2.37. The van der Waals surface area contributed by atoms with Crippen molar-refractivity contribution in [3.63, 3.8) is 0 Å². The molecule has 3 nitrogen and oxygen atoms in total. The van der Waals surface area contributed by atoms with Gasteiger partial charge in [0.05, 0.1) is 6.04 Å². The molecule has 0 bridgehead atoms. The standard InChI is InChI=1S/C20H20N2O/c1-13(23)21-15-10-11-19-18(12-15)16-8-5-9-17(16)20(22-19)14-6-3-2-4-7-14/h2-8,10-12,16-17,20,22H,9H2,1H3,(H,21,23)/t16-,17-,20-/m1/s1. The van der Waals surface area contributed by atoms with E-state index in [0.29, 0.717) is 17.9 Å². The molecule has 0 saturated carbocycles. The van der Waals surface area contributed by atoms with Crippen molar-refractivity contribution in [2.45, 2.75) is 25.3 Å². The average molecular weight is 304 g/mol. The second-order valence-electron chi connectivity index (χ2n) is 6.37. The van der Waals surface area contributed by atoms with E-state index in [4.69, 9.17) is 0 Å². The highest BCUT2D eigenvalue weighted by molar-refractivity contribution is 5.89. The van der Waals surface area contributed by atoms with E-state index in [1.807, 2.05) is 6.07 Å². The molecule has 1 aliphatic heterocycles. The van der Waals surface area contributed by atoms with Gasteiger partial charge in [-0.3, -0.25) is 4.79 Å². The average Bonchev–Trinajstić information content (AvgIpc) is 3.04. The molecular formula is C20H20N2O. The highest BCUT2D eigenvalue weighted by Crippen LogP contribution is 2.50. The van der Waals surface area contributed by atoms with Crippen molar-refractivity contribution in [1.82, 2.24) is 0 Å². The van der Waals surface area contributed by atoms with Gasteiger partial charge in [-0.05, 0) is 41.7 Å². The molecule has 3 heteroatoms. The number of hydrogen-bond donors (Lipinski definition) is 2. The van der Waals surface area contributed by atoms with Crippen molar-refractivity contribution in [2.75, 3.05) is 10.6 Å². The van der Waals surface area contributed by atoms with Gasteiger partial charge in [-0.15, -0.1) is 0 Å². The van der Waals surface area contributed by atoms with Crippen LogP contribution in [0.2, 0.25) is 0 Å². The molecule has 23 heavy (non-hydrogen) atoms. The zero-order valence-electron chi connectivity index (χ0n) is 13.1. The van der Waals surface area contributed by atoms with Gasteiger partial charge in [0.2, 0.25) is 5.91 Å². The summed E-state index contributed by atoms with van der Waals surface area (Å²) in [5.74, 6) is 0.900. The summed E-state index contributed by atoms with van der Waals surface area (Å²) >= 11 is 0. The number of carbonyl (C=O) groups excluding carboxylic acids is 1. The zero-order valence-corrected chi connectivity index (χ0v) is 13.1. The Morgan fingerprint density at radius 3 is 2.78 bits per heavy atom. The molecule has 2 aromatic carbocycles.